The van der Waals surface area contributed by atoms with E-state index in [0.717, 1.165) is 24.0 Å². The molecule has 1 aromatic carbocycles. The second-order valence-corrected chi connectivity index (χ2v) is 4.61. The zero-order chi connectivity index (χ0) is 12.5. The first-order valence-corrected chi connectivity index (χ1v) is 6.09. The predicted molar refractivity (Wildman–Crippen MR) is 85.0 cm³/mol. The van der Waals surface area contributed by atoms with Gasteiger partial charge in [-0.1, -0.05) is 18.2 Å². The number of hydrogen-bond acceptors (Lipinski definition) is 3. The summed E-state index contributed by atoms with van der Waals surface area (Å²) < 4.78 is 0. The molecular weight excluding hydrogens is 297 g/mol. The highest BCUT2D eigenvalue weighted by Crippen LogP contribution is 2.18. The van der Waals surface area contributed by atoms with E-state index in [1.54, 1.807) is 11.1 Å². The van der Waals surface area contributed by atoms with Crippen LogP contribution in [0.5, 0.6) is 0 Å². The molecule has 1 aromatic heterocycles. The van der Waals surface area contributed by atoms with Crippen LogP contribution >= 0.6 is 24.8 Å². The first kappa shape index (κ1) is 16.7. The molecule has 0 spiro atoms. The molecule has 4 nitrogen and oxygen atoms in total. The summed E-state index contributed by atoms with van der Waals surface area (Å²) in [7, 11) is 1.86. The van der Waals surface area contributed by atoms with Crippen molar-refractivity contribution in [2.24, 2.45) is 0 Å². The van der Waals surface area contributed by atoms with Gasteiger partial charge in [0, 0.05) is 31.7 Å². The number of benzene rings is 1. The van der Waals surface area contributed by atoms with Crippen LogP contribution in [0.15, 0.2) is 36.5 Å². The molecule has 108 valence electrons. The Kier molecular flexibility index (Phi) is 5.74. The Labute approximate surface area is 130 Å². The van der Waals surface area contributed by atoms with E-state index in [-0.39, 0.29) is 30.7 Å². The third kappa shape index (κ3) is 2.87. The van der Waals surface area contributed by atoms with Crippen molar-refractivity contribution in [3.8, 4) is 0 Å². The standard InChI is InChI=1S/C14H15N3O.2ClH/c1-17(11-8-15-9-11)14(18)12-6-2-4-10-5-3-7-16-13(10)12;;/h2-7,11,15H,8-9H2,1H3;2*1H. The van der Waals surface area contributed by atoms with Crippen LogP contribution in [0.4, 0.5) is 0 Å². The highest BCUT2D eigenvalue weighted by molar-refractivity contribution is 6.05. The molecule has 1 aliphatic heterocycles. The fourth-order valence-electron chi connectivity index (χ4n) is 2.18. The summed E-state index contributed by atoms with van der Waals surface area (Å²) in [5, 5.41) is 4.18. The van der Waals surface area contributed by atoms with Crippen molar-refractivity contribution in [1.82, 2.24) is 15.2 Å². The van der Waals surface area contributed by atoms with Crippen LogP contribution in [0, 0.1) is 0 Å². The molecule has 1 saturated heterocycles. The quantitative estimate of drug-likeness (QED) is 0.923. The Bertz CT molecular complexity index is 596. The van der Waals surface area contributed by atoms with E-state index in [9.17, 15) is 4.79 Å². The van der Waals surface area contributed by atoms with Crippen LogP contribution in [-0.4, -0.2) is 42.0 Å². The van der Waals surface area contributed by atoms with Gasteiger partial charge in [-0.25, -0.2) is 0 Å². The van der Waals surface area contributed by atoms with E-state index >= 15 is 0 Å². The summed E-state index contributed by atoms with van der Waals surface area (Å²) in [6.45, 7) is 1.75. The Morgan fingerprint density at radius 1 is 1.25 bits per heavy atom. The van der Waals surface area contributed by atoms with Crippen molar-refractivity contribution in [3.05, 3.63) is 42.1 Å². The Morgan fingerprint density at radius 2 is 1.95 bits per heavy atom. The molecule has 0 atom stereocenters. The molecule has 1 amide bonds. The molecule has 0 bridgehead atoms. The number of rotatable bonds is 2. The Balaban J connectivity index is 0.000001000. The first-order chi connectivity index (χ1) is 8.77. The Morgan fingerprint density at radius 3 is 2.60 bits per heavy atom. The molecule has 1 aliphatic rings. The first-order valence-electron chi connectivity index (χ1n) is 6.09. The number of carbonyl (C=O) groups excluding carboxylic acids is 1. The number of hydrogen-bond donors (Lipinski definition) is 1. The van der Waals surface area contributed by atoms with Gasteiger partial charge in [0.15, 0.2) is 0 Å². The van der Waals surface area contributed by atoms with Crippen LogP contribution in [0.1, 0.15) is 10.4 Å². The highest BCUT2D eigenvalue weighted by Gasteiger charge is 2.26. The number of fused-ring (bicyclic) bond motifs is 1. The fourth-order valence-corrected chi connectivity index (χ4v) is 2.18. The van der Waals surface area contributed by atoms with E-state index in [2.05, 4.69) is 10.3 Å². The van der Waals surface area contributed by atoms with Crippen LogP contribution in [0.2, 0.25) is 0 Å². The molecule has 6 heteroatoms. The largest absolute Gasteiger partial charge is 0.336 e. The average Bonchev–Trinajstić information content (AvgIpc) is 2.35. The number of para-hydroxylation sites is 1. The van der Waals surface area contributed by atoms with E-state index in [1.165, 1.54) is 0 Å². The normalized spacial score (nSPS) is 13.8. The second-order valence-electron chi connectivity index (χ2n) is 4.61. The Hall–Kier alpha value is -1.36. The van der Waals surface area contributed by atoms with Crippen molar-refractivity contribution >= 4 is 41.6 Å². The molecule has 2 aromatic rings. The lowest BCUT2D eigenvalue weighted by molar-refractivity contribution is 0.0683. The summed E-state index contributed by atoms with van der Waals surface area (Å²) in [4.78, 5) is 18.6. The maximum Gasteiger partial charge on any atom is 0.256 e. The molecule has 1 N–H and O–H groups in total. The molecule has 0 unspecified atom stereocenters. The van der Waals surface area contributed by atoms with E-state index in [1.807, 2.05) is 37.4 Å². The molecular formula is C14H17Cl2N3O. The lowest BCUT2D eigenvalue weighted by Gasteiger charge is -2.35. The molecule has 0 radical (unpaired) electrons. The third-order valence-electron chi connectivity index (χ3n) is 3.49. The third-order valence-corrected chi connectivity index (χ3v) is 3.49. The van der Waals surface area contributed by atoms with Crippen molar-refractivity contribution in [3.63, 3.8) is 0 Å². The minimum absolute atomic E-state index is 0. The maximum atomic E-state index is 12.5. The number of likely N-dealkylation sites (N-methyl/N-ethyl adjacent to an activating group) is 1. The summed E-state index contributed by atoms with van der Waals surface area (Å²) >= 11 is 0. The van der Waals surface area contributed by atoms with Gasteiger partial charge in [0.2, 0.25) is 0 Å². The van der Waals surface area contributed by atoms with Gasteiger partial charge < -0.3 is 10.2 Å². The summed E-state index contributed by atoms with van der Waals surface area (Å²) in [6.07, 6.45) is 1.73. The van der Waals surface area contributed by atoms with Gasteiger partial charge in [-0.2, -0.15) is 0 Å². The van der Waals surface area contributed by atoms with Gasteiger partial charge in [0.05, 0.1) is 17.1 Å². The zero-order valence-electron chi connectivity index (χ0n) is 11.1. The number of amides is 1. The SMILES string of the molecule is CN(C(=O)c1cccc2cccnc12)C1CNC1.Cl.Cl. The molecule has 0 aliphatic carbocycles. The minimum atomic E-state index is 0. The van der Waals surface area contributed by atoms with Gasteiger partial charge in [-0.3, -0.25) is 9.78 Å². The van der Waals surface area contributed by atoms with Gasteiger partial charge >= 0.3 is 0 Å². The van der Waals surface area contributed by atoms with E-state index in [4.69, 9.17) is 0 Å². The lowest BCUT2D eigenvalue weighted by Crippen LogP contribution is -2.57. The number of nitrogens with zero attached hydrogens (tertiary/aromatic N) is 2. The highest BCUT2D eigenvalue weighted by atomic mass is 35.5. The van der Waals surface area contributed by atoms with Gasteiger partial charge in [0.1, 0.15) is 0 Å². The predicted octanol–water partition coefficient (Wildman–Crippen LogP) is 2.12. The number of nitrogens with one attached hydrogen (secondary N) is 1. The maximum absolute atomic E-state index is 12.5. The second kappa shape index (κ2) is 6.88. The zero-order valence-corrected chi connectivity index (χ0v) is 12.7. The van der Waals surface area contributed by atoms with Crippen molar-refractivity contribution in [1.29, 1.82) is 0 Å². The van der Waals surface area contributed by atoms with E-state index < -0.39 is 0 Å². The summed E-state index contributed by atoms with van der Waals surface area (Å²) in [6, 6.07) is 9.89. The van der Waals surface area contributed by atoms with Crippen molar-refractivity contribution in [2.75, 3.05) is 20.1 Å². The molecule has 2 heterocycles. The molecule has 0 saturated carbocycles. The van der Waals surface area contributed by atoms with Crippen LogP contribution in [-0.2, 0) is 0 Å². The fraction of sp³-hybridized carbons (Fsp3) is 0.286. The van der Waals surface area contributed by atoms with Crippen molar-refractivity contribution < 1.29 is 4.79 Å². The van der Waals surface area contributed by atoms with Crippen molar-refractivity contribution in [2.45, 2.75) is 6.04 Å². The van der Waals surface area contributed by atoms with Gasteiger partial charge in [-0.15, -0.1) is 24.8 Å². The van der Waals surface area contributed by atoms with Crippen LogP contribution in [0.25, 0.3) is 10.9 Å². The average molecular weight is 314 g/mol. The molecule has 20 heavy (non-hydrogen) atoms. The summed E-state index contributed by atoms with van der Waals surface area (Å²) in [5.74, 6) is 0.0470. The number of halogens is 2. The smallest absolute Gasteiger partial charge is 0.256 e. The topological polar surface area (TPSA) is 45.2 Å². The minimum Gasteiger partial charge on any atom is -0.336 e. The van der Waals surface area contributed by atoms with Crippen LogP contribution in [0.3, 0.4) is 0 Å². The summed E-state index contributed by atoms with van der Waals surface area (Å²) in [5.41, 5.74) is 1.46. The van der Waals surface area contributed by atoms with E-state index in [0.29, 0.717) is 11.6 Å². The van der Waals surface area contributed by atoms with Gasteiger partial charge in [0.25, 0.3) is 5.91 Å². The molecule has 3 rings (SSSR count). The number of aromatic nitrogens is 1. The number of pyridine rings is 1. The van der Waals surface area contributed by atoms with Crippen LogP contribution < -0.4 is 5.32 Å². The van der Waals surface area contributed by atoms with Gasteiger partial charge in [-0.05, 0) is 12.1 Å². The number of carbonyl (C=O) groups is 1. The lowest BCUT2D eigenvalue weighted by atomic mass is 10.1. The molecule has 1 fully saturated rings. The monoisotopic (exact) mass is 313 g/mol.